The minimum Gasteiger partial charge on any atom is -0.328 e. The third-order valence-electron chi connectivity index (χ3n) is 5.44. The molecule has 1 atom stereocenters. The molecule has 1 N–H and O–H groups in total. The van der Waals surface area contributed by atoms with Gasteiger partial charge in [-0.15, -0.1) is 0 Å². The highest BCUT2D eigenvalue weighted by Gasteiger charge is 2.29. The summed E-state index contributed by atoms with van der Waals surface area (Å²) >= 11 is 0. The Morgan fingerprint density at radius 2 is 1.93 bits per heavy atom. The summed E-state index contributed by atoms with van der Waals surface area (Å²) in [5.41, 5.74) is 3.90. The van der Waals surface area contributed by atoms with Crippen LogP contribution in [0.25, 0.3) is 5.69 Å². The van der Waals surface area contributed by atoms with Gasteiger partial charge in [0.1, 0.15) is 5.69 Å². The molecule has 6 nitrogen and oxygen atoms in total. The molecule has 0 radical (unpaired) electrons. The molecule has 1 fully saturated rings. The smallest absolute Gasteiger partial charge is 0.273 e. The molecule has 6 heteroatoms. The van der Waals surface area contributed by atoms with Gasteiger partial charge in [-0.3, -0.25) is 4.79 Å². The van der Waals surface area contributed by atoms with E-state index in [1.54, 1.807) is 24.8 Å². The summed E-state index contributed by atoms with van der Waals surface area (Å²) in [6, 6.07) is 12.3. The summed E-state index contributed by atoms with van der Waals surface area (Å²) in [6.45, 7) is 8.82. The number of rotatable bonds is 3. The first kappa shape index (κ1) is 19.3. The van der Waals surface area contributed by atoms with Crippen molar-refractivity contribution in [2.45, 2.75) is 32.2 Å². The number of benzene rings is 1. The van der Waals surface area contributed by atoms with Gasteiger partial charge in [0.15, 0.2) is 0 Å². The molecule has 0 aliphatic carbocycles. The van der Waals surface area contributed by atoms with Gasteiger partial charge in [0.2, 0.25) is 0 Å². The molecule has 1 aromatic carbocycles. The maximum Gasteiger partial charge on any atom is 0.273 e. The van der Waals surface area contributed by atoms with E-state index in [1.165, 1.54) is 5.56 Å². The van der Waals surface area contributed by atoms with Gasteiger partial charge in [0, 0.05) is 32.0 Å². The summed E-state index contributed by atoms with van der Waals surface area (Å²) in [6.07, 6.45) is 7.00. The molecule has 1 aliphatic rings. The second-order valence-electron chi connectivity index (χ2n) is 8.46. The van der Waals surface area contributed by atoms with Crippen molar-refractivity contribution in [2.24, 2.45) is 0 Å². The van der Waals surface area contributed by atoms with Gasteiger partial charge in [-0.25, -0.2) is 9.97 Å². The predicted octanol–water partition coefficient (Wildman–Crippen LogP) is 3.35. The zero-order chi connectivity index (χ0) is 20.4. The number of carbonyl (C=O) groups is 1. The number of imidazole rings is 1. The second kappa shape index (κ2) is 7.79. The third-order valence-corrected chi connectivity index (χ3v) is 5.44. The fourth-order valence-electron chi connectivity index (χ4n) is 3.67. The standard InChI is InChI=1S/C23H27N5O/c1-23(2,3)18-6-4-17(5-7-18)21-15-24-11-13-28(21)22(29)20-9-8-19(14-26-20)27-12-10-25-16-27/h4-10,12,14,16,21,24H,11,13,15H2,1-3H3. The van der Waals surface area contributed by atoms with Crippen molar-refractivity contribution in [2.75, 3.05) is 19.6 Å². The maximum atomic E-state index is 13.2. The Balaban J connectivity index is 1.56. The van der Waals surface area contributed by atoms with E-state index in [1.807, 2.05) is 21.7 Å². The molecule has 150 valence electrons. The number of hydrogen-bond acceptors (Lipinski definition) is 4. The highest BCUT2D eigenvalue weighted by molar-refractivity contribution is 5.92. The van der Waals surface area contributed by atoms with Crippen molar-refractivity contribution in [1.82, 2.24) is 24.8 Å². The largest absolute Gasteiger partial charge is 0.328 e. The lowest BCUT2D eigenvalue weighted by atomic mass is 9.86. The summed E-state index contributed by atoms with van der Waals surface area (Å²) in [7, 11) is 0. The quantitative estimate of drug-likeness (QED) is 0.746. The molecule has 1 unspecified atom stereocenters. The van der Waals surface area contributed by atoms with Crippen LogP contribution in [-0.2, 0) is 5.41 Å². The molecule has 3 heterocycles. The molecule has 29 heavy (non-hydrogen) atoms. The van der Waals surface area contributed by atoms with Gasteiger partial charge < -0.3 is 14.8 Å². The van der Waals surface area contributed by atoms with E-state index in [-0.39, 0.29) is 17.4 Å². The minimum atomic E-state index is -0.0337. The van der Waals surface area contributed by atoms with Gasteiger partial charge >= 0.3 is 0 Å². The molecule has 1 saturated heterocycles. The van der Waals surface area contributed by atoms with E-state index in [2.05, 4.69) is 60.3 Å². The van der Waals surface area contributed by atoms with Crippen LogP contribution in [-0.4, -0.2) is 45.0 Å². The Bertz CT molecular complexity index is 956. The highest BCUT2D eigenvalue weighted by atomic mass is 16.2. The first-order valence-corrected chi connectivity index (χ1v) is 10.00. The van der Waals surface area contributed by atoms with Crippen molar-refractivity contribution in [1.29, 1.82) is 0 Å². The second-order valence-corrected chi connectivity index (χ2v) is 8.46. The van der Waals surface area contributed by atoms with Crippen LogP contribution in [0.4, 0.5) is 0 Å². The molecule has 4 rings (SSSR count). The number of pyridine rings is 1. The Kier molecular flexibility index (Phi) is 5.20. The highest BCUT2D eigenvalue weighted by Crippen LogP contribution is 2.28. The molecular weight excluding hydrogens is 362 g/mol. The van der Waals surface area contributed by atoms with E-state index in [4.69, 9.17) is 0 Å². The lowest BCUT2D eigenvalue weighted by Crippen LogP contribution is -2.48. The molecule has 2 aromatic heterocycles. The minimum absolute atomic E-state index is 0.000364. The Morgan fingerprint density at radius 1 is 1.14 bits per heavy atom. The number of hydrogen-bond donors (Lipinski definition) is 1. The van der Waals surface area contributed by atoms with Crippen molar-refractivity contribution in [3.8, 4) is 5.69 Å². The van der Waals surface area contributed by atoms with E-state index < -0.39 is 0 Å². The number of piperazine rings is 1. The average Bonchev–Trinajstić information content (AvgIpc) is 3.28. The molecule has 0 spiro atoms. The fourth-order valence-corrected chi connectivity index (χ4v) is 3.67. The third kappa shape index (κ3) is 4.07. The van der Waals surface area contributed by atoms with Gasteiger partial charge in [0.05, 0.1) is 24.3 Å². The van der Waals surface area contributed by atoms with Gasteiger partial charge in [-0.05, 0) is 28.7 Å². The van der Waals surface area contributed by atoms with Gasteiger partial charge in [-0.2, -0.15) is 0 Å². The van der Waals surface area contributed by atoms with Crippen LogP contribution in [0.2, 0.25) is 0 Å². The van der Waals surface area contributed by atoms with Crippen molar-refractivity contribution < 1.29 is 4.79 Å². The molecular formula is C23H27N5O. The van der Waals surface area contributed by atoms with Crippen LogP contribution < -0.4 is 5.32 Å². The molecule has 0 saturated carbocycles. The Hall–Kier alpha value is -2.99. The van der Waals surface area contributed by atoms with Crippen LogP contribution in [0.3, 0.4) is 0 Å². The van der Waals surface area contributed by atoms with Crippen LogP contribution in [0.1, 0.15) is 48.4 Å². The summed E-state index contributed by atoms with van der Waals surface area (Å²) < 4.78 is 1.87. The van der Waals surface area contributed by atoms with Crippen LogP contribution >= 0.6 is 0 Å². The number of nitrogens with zero attached hydrogens (tertiary/aromatic N) is 4. The first-order chi connectivity index (χ1) is 13.9. The molecule has 3 aromatic rings. The van der Waals surface area contributed by atoms with Gasteiger partial charge in [-0.1, -0.05) is 45.0 Å². The molecule has 0 bridgehead atoms. The molecule has 1 aliphatic heterocycles. The van der Waals surface area contributed by atoms with E-state index in [0.717, 1.165) is 24.3 Å². The molecule has 1 amide bonds. The lowest BCUT2D eigenvalue weighted by molar-refractivity contribution is 0.0628. The predicted molar refractivity (Wildman–Crippen MR) is 113 cm³/mol. The average molecular weight is 390 g/mol. The Labute approximate surface area is 171 Å². The lowest BCUT2D eigenvalue weighted by Gasteiger charge is -2.36. The van der Waals surface area contributed by atoms with E-state index in [9.17, 15) is 4.79 Å². The summed E-state index contributed by atoms with van der Waals surface area (Å²) in [5.74, 6) is -0.0337. The number of aromatic nitrogens is 3. The monoisotopic (exact) mass is 389 g/mol. The van der Waals surface area contributed by atoms with Crippen molar-refractivity contribution >= 4 is 5.91 Å². The zero-order valence-corrected chi connectivity index (χ0v) is 17.2. The topological polar surface area (TPSA) is 63.1 Å². The van der Waals surface area contributed by atoms with Crippen LogP contribution in [0.15, 0.2) is 61.3 Å². The summed E-state index contributed by atoms with van der Waals surface area (Å²) in [5, 5.41) is 3.42. The van der Waals surface area contributed by atoms with E-state index in [0.29, 0.717) is 12.2 Å². The van der Waals surface area contributed by atoms with Crippen molar-refractivity contribution in [3.05, 3.63) is 78.1 Å². The van der Waals surface area contributed by atoms with Crippen molar-refractivity contribution in [3.63, 3.8) is 0 Å². The zero-order valence-electron chi connectivity index (χ0n) is 17.2. The number of amides is 1. The normalized spacial score (nSPS) is 17.3. The SMILES string of the molecule is CC(C)(C)c1ccc(C2CNCCN2C(=O)c2ccc(-n3ccnc3)cn2)cc1. The first-order valence-electron chi connectivity index (χ1n) is 10.00. The van der Waals surface area contributed by atoms with Crippen LogP contribution in [0, 0.1) is 0 Å². The summed E-state index contributed by atoms with van der Waals surface area (Å²) in [4.78, 5) is 23.6. The van der Waals surface area contributed by atoms with Crippen LogP contribution in [0.5, 0.6) is 0 Å². The number of nitrogens with one attached hydrogen (secondary N) is 1. The Morgan fingerprint density at radius 3 is 2.55 bits per heavy atom. The number of carbonyl (C=O) groups excluding carboxylic acids is 1. The van der Waals surface area contributed by atoms with E-state index >= 15 is 0 Å². The van der Waals surface area contributed by atoms with Gasteiger partial charge in [0.25, 0.3) is 5.91 Å². The fraction of sp³-hybridized carbons (Fsp3) is 0.348. The maximum absolute atomic E-state index is 13.2.